The fourth-order valence-electron chi connectivity index (χ4n) is 3.17. The third-order valence-electron chi connectivity index (χ3n) is 4.91. The molecule has 0 aromatic heterocycles. The molecule has 1 amide bonds. The van der Waals surface area contributed by atoms with Gasteiger partial charge in [-0.15, -0.1) is 0 Å². The Morgan fingerprint density at radius 3 is 2.68 bits per heavy atom. The number of ether oxygens (including phenoxy) is 2. The number of rotatable bonds is 9. The number of carboxylic acid groups (broad SMARTS) is 1. The van der Waals surface area contributed by atoms with Crippen molar-refractivity contribution >= 4 is 23.5 Å². The smallest absolute Gasteiger partial charge is 0.414 e. The van der Waals surface area contributed by atoms with Gasteiger partial charge in [-0.25, -0.2) is 9.59 Å². The van der Waals surface area contributed by atoms with Gasteiger partial charge >= 0.3 is 12.1 Å². The quantitative estimate of drug-likeness (QED) is 0.481. The molecule has 3 rings (SSSR count). The molecular formula is C23H26N2O6. The number of benzene rings is 2. The Kier molecular flexibility index (Phi) is 7.12. The van der Waals surface area contributed by atoms with E-state index in [2.05, 4.69) is 5.16 Å². The van der Waals surface area contributed by atoms with Crippen molar-refractivity contribution in [3.8, 4) is 5.75 Å². The van der Waals surface area contributed by atoms with Crippen LogP contribution in [0.3, 0.4) is 0 Å². The zero-order valence-corrected chi connectivity index (χ0v) is 17.8. The van der Waals surface area contributed by atoms with Gasteiger partial charge in [0, 0.05) is 5.69 Å². The fraction of sp³-hybridized carbons (Fsp3) is 0.348. The SMILES string of the molecule is CCC(Oc1ccc(/C(C)=N\OCC2CN(c3ccccc3)C(=O)O2)cc1C)C(=O)O. The number of oxime groups is 1. The molecule has 31 heavy (non-hydrogen) atoms. The summed E-state index contributed by atoms with van der Waals surface area (Å²) in [7, 11) is 0. The number of aliphatic carboxylic acids is 1. The second-order valence-electron chi connectivity index (χ2n) is 7.26. The molecule has 1 aliphatic heterocycles. The molecular weight excluding hydrogens is 400 g/mol. The summed E-state index contributed by atoms with van der Waals surface area (Å²) < 4.78 is 10.9. The van der Waals surface area contributed by atoms with Gasteiger partial charge in [0.2, 0.25) is 0 Å². The lowest BCUT2D eigenvalue weighted by atomic mass is 10.1. The summed E-state index contributed by atoms with van der Waals surface area (Å²) in [5.41, 5.74) is 3.04. The van der Waals surface area contributed by atoms with Crippen LogP contribution >= 0.6 is 0 Å². The molecule has 2 atom stereocenters. The molecule has 8 nitrogen and oxygen atoms in total. The van der Waals surface area contributed by atoms with Crippen molar-refractivity contribution in [2.24, 2.45) is 5.16 Å². The first-order chi connectivity index (χ1) is 14.9. The second kappa shape index (κ2) is 9.97. The van der Waals surface area contributed by atoms with Gasteiger partial charge in [-0.3, -0.25) is 4.90 Å². The highest BCUT2D eigenvalue weighted by molar-refractivity contribution is 5.98. The van der Waals surface area contributed by atoms with E-state index in [1.54, 1.807) is 30.9 Å². The molecule has 0 bridgehead atoms. The number of carboxylic acids is 1. The lowest BCUT2D eigenvalue weighted by molar-refractivity contribution is -0.145. The van der Waals surface area contributed by atoms with Crippen LogP contribution in [0.2, 0.25) is 0 Å². The van der Waals surface area contributed by atoms with Crippen molar-refractivity contribution in [3.63, 3.8) is 0 Å². The van der Waals surface area contributed by atoms with Gasteiger partial charge in [0.1, 0.15) is 5.75 Å². The predicted octanol–water partition coefficient (Wildman–Crippen LogP) is 4.00. The zero-order valence-electron chi connectivity index (χ0n) is 17.8. The van der Waals surface area contributed by atoms with Crippen LogP contribution in [0.5, 0.6) is 5.75 Å². The predicted molar refractivity (Wildman–Crippen MR) is 116 cm³/mol. The minimum atomic E-state index is -0.990. The standard InChI is InChI=1S/C23H26N2O6/c1-4-20(22(26)27)31-21-11-10-17(12-15(21)2)16(3)24-29-14-19-13-25(23(28)30-19)18-8-6-5-7-9-18/h5-12,19-20H,4,13-14H2,1-3H3,(H,26,27)/b24-16-. The molecule has 0 aliphatic carbocycles. The number of carbonyl (C=O) groups excluding carboxylic acids is 1. The Morgan fingerprint density at radius 2 is 2.03 bits per heavy atom. The van der Waals surface area contributed by atoms with E-state index in [-0.39, 0.29) is 6.61 Å². The fourth-order valence-corrected chi connectivity index (χ4v) is 3.17. The summed E-state index contributed by atoms with van der Waals surface area (Å²) in [6, 6.07) is 14.7. The maximum atomic E-state index is 12.1. The van der Waals surface area contributed by atoms with Crippen LogP contribution in [0.4, 0.5) is 10.5 Å². The molecule has 0 saturated carbocycles. The van der Waals surface area contributed by atoms with E-state index >= 15 is 0 Å². The van der Waals surface area contributed by atoms with Crippen LogP contribution in [-0.2, 0) is 14.4 Å². The number of aryl methyl sites for hydroxylation is 1. The topological polar surface area (TPSA) is 97.7 Å². The highest BCUT2D eigenvalue weighted by Gasteiger charge is 2.32. The molecule has 2 aromatic rings. The molecule has 2 unspecified atom stereocenters. The van der Waals surface area contributed by atoms with E-state index in [9.17, 15) is 9.59 Å². The molecule has 1 fully saturated rings. The van der Waals surface area contributed by atoms with E-state index in [1.165, 1.54) is 0 Å². The summed E-state index contributed by atoms with van der Waals surface area (Å²) in [4.78, 5) is 30.2. The highest BCUT2D eigenvalue weighted by atomic mass is 16.7. The molecule has 0 radical (unpaired) electrons. The minimum absolute atomic E-state index is 0.142. The summed E-state index contributed by atoms with van der Waals surface area (Å²) in [5, 5.41) is 13.3. The summed E-state index contributed by atoms with van der Waals surface area (Å²) >= 11 is 0. The lowest BCUT2D eigenvalue weighted by Crippen LogP contribution is -2.26. The van der Waals surface area contributed by atoms with Crippen LogP contribution < -0.4 is 9.64 Å². The maximum absolute atomic E-state index is 12.1. The number of anilines is 1. The first-order valence-electron chi connectivity index (χ1n) is 10.1. The largest absolute Gasteiger partial charge is 0.479 e. The Hall–Kier alpha value is -3.55. The first-order valence-corrected chi connectivity index (χ1v) is 10.1. The highest BCUT2D eigenvalue weighted by Crippen LogP contribution is 2.23. The van der Waals surface area contributed by atoms with E-state index in [1.807, 2.05) is 43.3 Å². The molecule has 2 aromatic carbocycles. The Bertz CT molecular complexity index is 960. The van der Waals surface area contributed by atoms with Crippen molar-refractivity contribution in [1.82, 2.24) is 0 Å². The Morgan fingerprint density at radius 1 is 1.29 bits per heavy atom. The molecule has 1 N–H and O–H groups in total. The van der Waals surface area contributed by atoms with Crippen LogP contribution in [0.25, 0.3) is 0 Å². The van der Waals surface area contributed by atoms with E-state index in [0.717, 1.165) is 16.8 Å². The van der Waals surface area contributed by atoms with Gasteiger partial charge < -0.3 is 19.4 Å². The van der Waals surface area contributed by atoms with Gasteiger partial charge in [-0.05, 0) is 61.7 Å². The van der Waals surface area contributed by atoms with Crippen molar-refractivity contribution in [2.75, 3.05) is 18.1 Å². The second-order valence-corrected chi connectivity index (χ2v) is 7.26. The summed E-state index contributed by atoms with van der Waals surface area (Å²) in [5.74, 6) is -0.471. The molecule has 1 aliphatic rings. The summed E-state index contributed by atoms with van der Waals surface area (Å²) in [6.07, 6.45) is -1.33. The third-order valence-corrected chi connectivity index (χ3v) is 4.91. The van der Waals surface area contributed by atoms with Crippen LogP contribution in [0.1, 0.15) is 31.4 Å². The average molecular weight is 426 g/mol. The van der Waals surface area contributed by atoms with Crippen molar-refractivity contribution < 1.29 is 29.0 Å². The molecule has 1 heterocycles. The van der Waals surface area contributed by atoms with Crippen molar-refractivity contribution in [2.45, 2.75) is 39.4 Å². The first kappa shape index (κ1) is 22.1. The molecule has 0 spiro atoms. The number of hydrogen-bond acceptors (Lipinski definition) is 6. The number of cyclic esters (lactones) is 1. The lowest BCUT2D eigenvalue weighted by Gasteiger charge is -2.15. The van der Waals surface area contributed by atoms with Crippen LogP contribution in [0, 0.1) is 6.92 Å². The van der Waals surface area contributed by atoms with Crippen LogP contribution in [-0.4, -0.2) is 48.2 Å². The number of amides is 1. The molecule has 1 saturated heterocycles. The molecule has 164 valence electrons. The minimum Gasteiger partial charge on any atom is -0.479 e. The molecule has 8 heteroatoms. The average Bonchev–Trinajstić information content (AvgIpc) is 3.13. The van der Waals surface area contributed by atoms with Gasteiger partial charge in [0.25, 0.3) is 0 Å². The Labute approximate surface area is 181 Å². The number of nitrogens with zero attached hydrogens (tertiary/aromatic N) is 2. The maximum Gasteiger partial charge on any atom is 0.414 e. The van der Waals surface area contributed by atoms with Crippen molar-refractivity contribution in [1.29, 1.82) is 0 Å². The van der Waals surface area contributed by atoms with E-state index < -0.39 is 24.3 Å². The zero-order chi connectivity index (χ0) is 22.4. The number of hydrogen-bond donors (Lipinski definition) is 1. The number of para-hydroxylation sites is 1. The number of carbonyl (C=O) groups is 2. The van der Waals surface area contributed by atoms with E-state index in [0.29, 0.717) is 24.4 Å². The normalized spacial score (nSPS) is 17.3. The Balaban J connectivity index is 1.56. The van der Waals surface area contributed by atoms with Gasteiger partial charge in [-0.1, -0.05) is 30.3 Å². The van der Waals surface area contributed by atoms with Crippen LogP contribution in [0.15, 0.2) is 53.7 Å². The monoisotopic (exact) mass is 426 g/mol. The van der Waals surface area contributed by atoms with Crippen molar-refractivity contribution in [3.05, 3.63) is 59.7 Å². The summed E-state index contributed by atoms with van der Waals surface area (Å²) in [6.45, 7) is 5.95. The van der Waals surface area contributed by atoms with E-state index in [4.69, 9.17) is 19.4 Å². The van der Waals surface area contributed by atoms with Gasteiger partial charge in [0.05, 0.1) is 12.3 Å². The van der Waals surface area contributed by atoms with Gasteiger partial charge in [0.15, 0.2) is 18.8 Å². The van der Waals surface area contributed by atoms with Gasteiger partial charge in [-0.2, -0.15) is 0 Å². The third kappa shape index (κ3) is 5.53.